The minimum Gasteiger partial charge on any atom is -0.478 e. The second kappa shape index (κ2) is 4.48. The number of rotatable bonds is 3. The number of anilines is 1. The van der Waals surface area contributed by atoms with E-state index in [1.165, 1.54) is 0 Å². The molecule has 18 heavy (non-hydrogen) atoms. The number of hydrogen-bond donors (Lipinski definition) is 2. The molecule has 0 aliphatic heterocycles. The maximum Gasteiger partial charge on any atom is 0.417 e. The molecule has 0 aliphatic carbocycles. The van der Waals surface area contributed by atoms with Gasteiger partial charge in [-0.1, -0.05) is 0 Å². The van der Waals surface area contributed by atoms with E-state index >= 15 is 0 Å². The summed E-state index contributed by atoms with van der Waals surface area (Å²) in [6.07, 6.45) is -4.12. The van der Waals surface area contributed by atoms with Crippen LogP contribution in [-0.2, 0) is 16.2 Å². The predicted molar refractivity (Wildman–Crippen MR) is 56.9 cm³/mol. The maximum absolute atomic E-state index is 12.6. The van der Waals surface area contributed by atoms with E-state index in [4.69, 9.17) is 5.11 Å². The van der Waals surface area contributed by atoms with Crippen LogP contribution >= 0.6 is 0 Å². The number of carbonyl (C=O) groups is 1. The lowest BCUT2D eigenvalue weighted by molar-refractivity contribution is -0.138. The van der Waals surface area contributed by atoms with Crippen molar-refractivity contribution in [2.45, 2.75) is 6.18 Å². The SMILES string of the molecule is CS(=O)(=O)Nc1ccc(C(=O)O)c(C(F)(F)F)c1. The van der Waals surface area contributed by atoms with Crippen LogP contribution in [0.4, 0.5) is 18.9 Å². The average molecular weight is 283 g/mol. The Kier molecular flexibility index (Phi) is 3.56. The Morgan fingerprint density at radius 1 is 1.33 bits per heavy atom. The summed E-state index contributed by atoms with van der Waals surface area (Å²) in [6, 6.07) is 2.07. The zero-order valence-corrected chi connectivity index (χ0v) is 9.76. The summed E-state index contributed by atoms with van der Waals surface area (Å²) < 4.78 is 61.3. The summed E-state index contributed by atoms with van der Waals surface area (Å²) >= 11 is 0. The van der Waals surface area contributed by atoms with Gasteiger partial charge in [0.15, 0.2) is 0 Å². The van der Waals surface area contributed by atoms with Crippen LogP contribution in [0.25, 0.3) is 0 Å². The number of halogens is 3. The highest BCUT2D eigenvalue weighted by Gasteiger charge is 2.35. The van der Waals surface area contributed by atoms with E-state index in [1.807, 2.05) is 4.72 Å². The number of alkyl halides is 3. The zero-order valence-electron chi connectivity index (χ0n) is 8.95. The Morgan fingerprint density at radius 2 is 1.89 bits per heavy atom. The first-order valence-electron chi connectivity index (χ1n) is 4.43. The molecule has 0 saturated heterocycles. The maximum atomic E-state index is 12.6. The van der Waals surface area contributed by atoms with Gasteiger partial charge in [0.2, 0.25) is 10.0 Å². The second-order valence-corrected chi connectivity index (χ2v) is 5.19. The van der Waals surface area contributed by atoms with Gasteiger partial charge in [-0.3, -0.25) is 4.72 Å². The number of sulfonamides is 1. The Morgan fingerprint density at radius 3 is 2.28 bits per heavy atom. The summed E-state index contributed by atoms with van der Waals surface area (Å²) in [5.74, 6) is -1.74. The van der Waals surface area contributed by atoms with E-state index in [2.05, 4.69) is 0 Å². The van der Waals surface area contributed by atoms with Gasteiger partial charge >= 0.3 is 12.1 Å². The Labute approximate surface area is 100 Å². The van der Waals surface area contributed by atoms with Gasteiger partial charge in [0.05, 0.1) is 17.4 Å². The van der Waals surface area contributed by atoms with Crippen molar-refractivity contribution in [3.05, 3.63) is 29.3 Å². The smallest absolute Gasteiger partial charge is 0.417 e. The van der Waals surface area contributed by atoms with E-state index in [9.17, 15) is 26.4 Å². The van der Waals surface area contributed by atoms with Crippen LogP contribution in [0.3, 0.4) is 0 Å². The number of carboxylic acid groups (broad SMARTS) is 1. The fourth-order valence-electron chi connectivity index (χ4n) is 1.24. The lowest BCUT2D eigenvalue weighted by Gasteiger charge is -2.12. The molecule has 0 aromatic heterocycles. The minimum atomic E-state index is -4.89. The summed E-state index contributed by atoms with van der Waals surface area (Å²) in [5.41, 5.74) is -2.71. The Bertz CT molecular complexity index is 580. The molecule has 1 rings (SSSR count). The van der Waals surface area contributed by atoms with Gasteiger partial charge in [-0.25, -0.2) is 13.2 Å². The molecule has 1 aromatic rings. The van der Waals surface area contributed by atoms with E-state index in [0.717, 1.165) is 12.3 Å². The third kappa shape index (κ3) is 3.62. The molecule has 0 heterocycles. The second-order valence-electron chi connectivity index (χ2n) is 3.44. The number of nitrogens with one attached hydrogen (secondary N) is 1. The van der Waals surface area contributed by atoms with E-state index in [-0.39, 0.29) is 5.69 Å². The van der Waals surface area contributed by atoms with Crippen LogP contribution < -0.4 is 4.72 Å². The number of aromatic carboxylic acids is 1. The van der Waals surface area contributed by atoms with Gasteiger partial charge < -0.3 is 5.11 Å². The summed E-state index contributed by atoms with van der Waals surface area (Å²) in [7, 11) is -3.74. The molecule has 0 spiro atoms. The average Bonchev–Trinajstić information content (AvgIpc) is 2.13. The van der Waals surface area contributed by atoms with Crippen molar-refractivity contribution in [1.29, 1.82) is 0 Å². The highest BCUT2D eigenvalue weighted by atomic mass is 32.2. The van der Waals surface area contributed by atoms with Crippen LogP contribution in [0.1, 0.15) is 15.9 Å². The lowest BCUT2D eigenvalue weighted by Crippen LogP contribution is -2.15. The number of benzene rings is 1. The van der Waals surface area contributed by atoms with Crippen molar-refractivity contribution in [2.75, 3.05) is 11.0 Å². The van der Waals surface area contributed by atoms with Crippen molar-refractivity contribution in [3.8, 4) is 0 Å². The van der Waals surface area contributed by atoms with Crippen molar-refractivity contribution >= 4 is 21.7 Å². The summed E-state index contributed by atoms with van der Waals surface area (Å²) in [6.45, 7) is 0. The van der Waals surface area contributed by atoms with Crippen molar-refractivity contribution < 1.29 is 31.5 Å². The fraction of sp³-hybridized carbons (Fsp3) is 0.222. The van der Waals surface area contributed by atoms with Gasteiger partial charge in [-0.2, -0.15) is 13.2 Å². The van der Waals surface area contributed by atoms with Crippen molar-refractivity contribution in [2.24, 2.45) is 0 Å². The first kappa shape index (κ1) is 14.3. The van der Waals surface area contributed by atoms with Gasteiger partial charge in [0.1, 0.15) is 0 Å². The molecule has 0 amide bonds. The van der Waals surface area contributed by atoms with Gasteiger partial charge in [-0.15, -0.1) is 0 Å². The standard InChI is InChI=1S/C9H8F3NO4S/c1-18(16,17)13-5-2-3-6(8(14)15)7(4-5)9(10,11)12/h2-4,13H,1H3,(H,14,15). The minimum absolute atomic E-state index is 0.352. The molecule has 5 nitrogen and oxygen atoms in total. The summed E-state index contributed by atoms with van der Waals surface area (Å²) in [5, 5.41) is 8.61. The highest BCUT2D eigenvalue weighted by Crippen LogP contribution is 2.34. The first-order valence-corrected chi connectivity index (χ1v) is 6.32. The molecule has 0 unspecified atom stereocenters. The molecule has 0 aliphatic rings. The summed E-state index contributed by atoms with van der Waals surface area (Å²) in [4.78, 5) is 10.6. The highest BCUT2D eigenvalue weighted by molar-refractivity contribution is 7.92. The first-order chi connectivity index (χ1) is 8.00. The van der Waals surface area contributed by atoms with Gasteiger partial charge in [-0.05, 0) is 18.2 Å². The van der Waals surface area contributed by atoms with Crippen molar-refractivity contribution in [3.63, 3.8) is 0 Å². The number of carboxylic acids is 1. The Hall–Kier alpha value is -1.77. The van der Waals surface area contributed by atoms with Crippen LogP contribution in [0.2, 0.25) is 0 Å². The normalized spacial score (nSPS) is 12.2. The Balaban J connectivity index is 3.35. The molecule has 2 N–H and O–H groups in total. The number of hydrogen-bond acceptors (Lipinski definition) is 3. The third-order valence-electron chi connectivity index (χ3n) is 1.86. The van der Waals surface area contributed by atoms with Gasteiger partial charge in [0.25, 0.3) is 0 Å². The third-order valence-corrected chi connectivity index (χ3v) is 2.47. The quantitative estimate of drug-likeness (QED) is 0.885. The molecule has 9 heteroatoms. The van der Waals surface area contributed by atoms with Crippen LogP contribution in [0.5, 0.6) is 0 Å². The molecule has 0 radical (unpaired) electrons. The van der Waals surface area contributed by atoms with Crippen LogP contribution in [0, 0.1) is 0 Å². The predicted octanol–water partition coefficient (Wildman–Crippen LogP) is 1.78. The molecule has 0 atom stereocenters. The zero-order chi connectivity index (χ0) is 14.1. The van der Waals surface area contributed by atoms with Crippen LogP contribution in [-0.4, -0.2) is 25.7 Å². The molecular weight excluding hydrogens is 275 g/mol. The molecule has 100 valence electrons. The molecule has 0 fully saturated rings. The topological polar surface area (TPSA) is 83.5 Å². The molecule has 0 bridgehead atoms. The van der Waals surface area contributed by atoms with E-state index in [0.29, 0.717) is 12.1 Å². The molecule has 0 saturated carbocycles. The lowest BCUT2D eigenvalue weighted by atomic mass is 10.1. The van der Waals surface area contributed by atoms with E-state index in [1.54, 1.807) is 0 Å². The van der Waals surface area contributed by atoms with Crippen LogP contribution in [0.15, 0.2) is 18.2 Å². The fourth-order valence-corrected chi connectivity index (χ4v) is 1.80. The molecule has 1 aromatic carbocycles. The van der Waals surface area contributed by atoms with Crippen molar-refractivity contribution in [1.82, 2.24) is 0 Å². The van der Waals surface area contributed by atoms with Gasteiger partial charge in [0, 0.05) is 5.69 Å². The van der Waals surface area contributed by atoms with E-state index < -0.39 is 33.3 Å². The largest absolute Gasteiger partial charge is 0.478 e. The monoisotopic (exact) mass is 283 g/mol. The molecular formula is C9H8F3NO4S.